The van der Waals surface area contributed by atoms with Crippen molar-refractivity contribution in [1.82, 2.24) is 4.98 Å². The van der Waals surface area contributed by atoms with Crippen molar-refractivity contribution in [2.75, 3.05) is 5.32 Å². The van der Waals surface area contributed by atoms with Crippen molar-refractivity contribution in [2.24, 2.45) is 11.8 Å². The maximum absolute atomic E-state index is 13.9. The molecular weight excluding hydrogens is 602 g/mol. The molecule has 3 aliphatic carbocycles. The van der Waals surface area contributed by atoms with Gasteiger partial charge in [-0.15, -0.1) is 0 Å². The molecule has 0 radical (unpaired) electrons. The van der Waals surface area contributed by atoms with Crippen LogP contribution in [0.3, 0.4) is 0 Å². The second-order valence-corrected chi connectivity index (χ2v) is 14.5. The fraction of sp³-hybridized carbons (Fsp3) is 0.419. The number of halogens is 3. The molecule has 3 aliphatic rings. The number of sulfone groups is 1. The maximum Gasteiger partial charge on any atom is 0.255 e. The van der Waals surface area contributed by atoms with Gasteiger partial charge in [-0.25, -0.2) is 17.2 Å². The number of aliphatic hydroxyl groups excluding tert-OH is 2. The molecule has 8 nitrogen and oxygen atoms in total. The van der Waals surface area contributed by atoms with Gasteiger partial charge >= 0.3 is 0 Å². The smallest absolute Gasteiger partial charge is 0.255 e. The molecule has 4 unspecified atom stereocenters. The van der Waals surface area contributed by atoms with E-state index in [1.807, 2.05) is 6.07 Å². The van der Waals surface area contributed by atoms with Gasteiger partial charge in [-0.3, -0.25) is 9.78 Å². The van der Waals surface area contributed by atoms with Gasteiger partial charge in [-0.2, -0.15) is 0 Å². The highest BCUT2D eigenvalue weighted by Gasteiger charge is 2.60. The summed E-state index contributed by atoms with van der Waals surface area (Å²) in [6, 6.07) is 10.1. The van der Waals surface area contributed by atoms with E-state index < -0.39 is 62.3 Å². The van der Waals surface area contributed by atoms with E-state index >= 15 is 0 Å². The Morgan fingerprint density at radius 3 is 2.28 bits per heavy atom. The highest BCUT2D eigenvalue weighted by Crippen LogP contribution is 2.55. The van der Waals surface area contributed by atoms with Crippen LogP contribution in [0, 0.1) is 23.5 Å². The van der Waals surface area contributed by atoms with Gasteiger partial charge in [-0.1, -0.05) is 17.7 Å². The topological polar surface area (TPSA) is 137 Å². The lowest BCUT2D eigenvalue weighted by Gasteiger charge is -2.46. The number of aliphatic hydroxyl groups is 3. The lowest BCUT2D eigenvalue weighted by Crippen LogP contribution is -2.57. The fourth-order valence-corrected chi connectivity index (χ4v) is 9.16. The molecule has 3 fully saturated rings. The van der Waals surface area contributed by atoms with Crippen molar-refractivity contribution in [3.63, 3.8) is 0 Å². The second kappa shape index (κ2) is 11.2. The number of pyridine rings is 1. The summed E-state index contributed by atoms with van der Waals surface area (Å²) in [4.78, 5) is 16.9. The highest BCUT2D eigenvalue weighted by molar-refractivity contribution is 7.92. The van der Waals surface area contributed by atoms with E-state index in [9.17, 15) is 37.3 Å². The standard InChI is InChI=1S/C31H31ClF2N2O6S/c32-23-8-3-17(30(39)36-21-7-9-24(33)25(34)14-21)11-27(23)43(41,42)22-12-19-5-6-20(13-22)31(19,40)29(38)28(37)26-10-4-18(15-35-26)16-1-2-16/h3-4,7-11,14-16,19-20,22,28-29,37-38,40H,1-2,5-6,12-13H2,(H,36,39)/t19-,20?,22?,28?,29?,31-/m0/s1. The molecule has 1 aromatic heterocycles. The number of hydrogen-bond donors (Lipinski definition) is 4. The van der Waals surface area contributed by atoms with E-state index in [0.29, 0.717) is 18.8 Å². The molecule has 228 valence electrons. The summed E-state index contributed by atoms with van der Waals surface area (Å²) in [6.45, 7) is 0. The van der Waals surface area contributed by atoms with Gasteiger partial charge in [0.15, 0.2) is 21.5 Å². The first kappa shape index (κ1) is 30.1. The number of anilines is 1. The van der Waals surface area contributed by atoms with E-state index in [4.69, 9.17) is 11.6 Å². The number of carbonyl (C=O) groups excluding carboxylic acids is 1. The number of fused-ring (bicyclic) bond motifs is 2. The normalized spacial score (nSPS) is 26.6. The van der Waals surface area contributed by atoms with E-state index in [0.717, 1.165) is 36.6 Å². The summed E-state index contributed by atoms with van der Waals surface area (Å²) >= 11 is 6.31. The molecule has 4 N–H and O–H groups in total. The van der Waals surface area contributed by atoms with Crippen molar-refractivity contribution in [2.45, 2.75) is 72.4 Å². The molecule has 0 saturated heterocycles. The fourth-order valence-electron chi connectivity index (χ4n) is 6.76. The molecule has 6 atom stereocenters. The molecule has 12 heteroatoms. The Hall–Kier alpha value is -2.96. The first-order chi connectivity index (χ1) is 20.4. The lowest BCUT2D eigenvalue weighted by molar-refractivity contribution is -0.178. The minimum absolute atomic E-state index is 0.0128. The van der Waals surface area contributed by atoms with Crippen molar-refractivity contribution >= 4 is 33.0 Å². The SMILES string of the molecule is O=C(Nc1ccc(F)c(F)c1)c1ccc(Cl)c(S(=O)(=O)C2CC3CC[C@@H](C2)[C@@]3(O)C(O)C(O)c2ccc(C3CC3)cn2)c1. The number of benzene rings is 2. The van der Waals surface area contributed by atoms with Crippen LogP contribution in [0.4, 0.5) is 14.5 Å². The molecule has 0 aliphatic heterocycles. The van der Waals surface area contributed by atoms with Crippen LogP contribution < -0.4 is 5.32 Å². The number of nitrogens with zero attached hydrogens (tertiary/aromatic N) is 1. The van der Waals surface area contributed by atoms with Gasteiger partial charge < -0.3 is 20.6 Å². The minimum atomic E-state index is -4.10. The molecule has 43 heavy (non-hydrogen) atoms. The Morgan fingerprint density at radius 2 is 1.67 bits per heavy atom. The number of carbonyl (C=O) groups is 1. The zero-order chi connectivity index (χ0) is 30.7. The molecular formula is C31H31ClF2N2O6S. The molecule has 2 bridgehead atoms. The molecule has 6 rings (SSSR count). The largest absolute Gasteiger partial charge is 0.387 e. The van der Waals surface area contributed by atoms with Crippen LogP contribution in [0.5, 0.6) is 0 Å². The Labute approximate surface area is 252 Å². The van der Waals surface area contributed by atoms with Crippen molar-refractivity contribution in [3.05, 3.63) is 88.2 Å². The van der Waals surface area contributed by atoms with Crippen LogP contribution in [0.15, 0.2) is 59.6 Å². The summed E-state index contributed by atoms with van der Waals surface area (Å²) in [6.07, 6.45) is 1.84. The molecule has 3 aromatic rings. The van der Waals surface area contributed by atoms with Crippen LogP contribution >= 0.6 is 11.6 Å². The second-order valence-electron chi connectivity index (χ2n) is 11.9. The van der Waals surface area contributed by atoms with Crippen LogP contribution in [0.2, 0.25) is 5.02 Å². The van der Waals surface area contributed by atoms with Crippen molar-refractivity contribution < 1.29 is 37.3 Å². The van der Waals surface area contributed by atoms with Gasteiger partial charge in [0.05, 0.1) is 26.5 Å². The quantitative estimate of drug-likeness (QED) is 0.276. The third kappa shape index (κ3) is 5.46. The van der Waals surface area contributed by atoms with Crippen LogP contribution in [-0.4, -0.2) is 51.6 Å². The van der Waals surface area contributed by atoms with E-state index in [1.165, 1.54) is 18.2 Å². The molecule has 0 spiro atoms. The number of hydrogen-bond acceptors (Lipinski definition) is 7. The molecule has 1 amide bonds. The summed E-state index contributed by atoms with van der Waals surface area (Å²) < 4.78 is 54.6. The Morgan fingerprint density at radius 1 is 0.977 bits per heavy atom. The number of amides is 1. The predicted molar refractivity (Wildman–Crippen MR) is 154 cm³/mol. The molecule has 2 aromatic carbocycles. The van der Waals surface area contributed by atoms with Gasteiger partial charge in [0.2, 0.25) is 0 Å². The van der Waals surface area contributed by atoms with Crippen molar-refractivity contribution in [3.8, 4) is 0 Å². The lowest BCUT2D eigenvalue weighted by atomic mass is 9.69. The number of rotatable bonds is 8. The average Bonchev–Trinajstić information content (AvgIpc) is 3.82. The summed E-state index contributed by atoms with van der Waals surface area (Å²) in [5, 5.41) is 35.4. The monoisotopic (exact) mass is 632 g/mol. The summed E-state index contributed by atoms with van der Waals surface area (Å²) in [7, 11) is -4.10. The average molecular weight is 633 g/mol. The molecule has 1 heterocycles. The first-order valence-electron chi connectivity index (χ1n) is 14.2. The summed E-state index contributed by atoms with van der Waals surface area (Å²) in [5.74, 6) is -3.71. The Balaban J connectivity index is 1.20. The summed E-state index contributed by atoms with van der Waals surface area (Å²) in [5.41, 5.74) is -0.467. The van der Waals surface area contributed by atoms with Gasteiger partial charge in [0, 0.05) is 23.5 Å². The van der Waals surface area contributed by atoms with E-state index in [-0.39, 0.29) is 39.7 Å². The number of aromatic nitrogens is 1. The van der Waals surface area contributed by atoms with Crippen molar-refractivity contribution in [1.29, 1.82) is 0 Å². The first-order valence-corrected chi connectivity index (χ1v) is 16.2. The third-order valence-electron chi connectivity index (χ3n) is 9.32. The van der Waals surface area contributed by atoms with Crippen LogP contribution in [0.25, 0.3) is 0 Å². The van der Waals surface area contributed by atoms with Gasteiger partial charge in [0.25, 0.3) is 5.91 Å². The van der Waals surface area contributed by atoms with Crippen LogP contribution in [0.1, 0.15) is 72.2 Å². The van der Waals surface area contributed by atoms with Gasteiger partial charge in [0.1, 0.15) is 12.2 Å². The zero-order valence-electron chi connectivity index (χ0n) is 23.0. The Kier molecular flexibility index (Phi) is 7.83. The predicted octanol–water partition coefficient (Wildman–Crippen LogP) is 4.93. The third-order valence-corrected chi connectivity index (χ3v) is 12.0. The van der Waals surface area contributed by atoms with E-state index in [2.05, 4.69) is 10.3 Å². The number of nitrogens with one attached hydrogen (secondary N) is 1. The zero-order valence-corrected chi connectivity index (χ0v) is 24.5. The maximum atomic E-state index is 13.9. The highest BCUT2D eigenvalue weighted by atomic mass is 35.5. The minimum Gasteiger partial charge on any atom is -0.387 e. The van der Waals surface area contributed by atoms with E-state index in [1.54, 1.807) is 12.3 Å². The van der Waals surface area contributed by atoms with Gasteiger partial charge in [-0.05, 0) is 98.2 Å². The Bertz CT molecular complexity index is 1650. The molecule has 3 saturated carbocycles. The van der Waals surface area contributed by atoms with Crippen LogP contribution in [-0.2, 0) is 9.84 Å².